The number of ether oxygens (including phenoxy) is 1. The lowest BCUT2D eigenvalue weighted by Crippen LogP contribution is -2.58. The van der Waals surface area contributed by atoms with Gasteiger partial charge in [0.15, 0.2) is 0 Å². The van der Waals surface area contributed by atoms with Gasteiger partial charge in [0.1, 0.15) is 6.04 Å². The largest absolute Gasteiger partial charge is 0.465 e. The van der Waals surface area contributed by atoms with Gasteiger partial charge < -0.3 is 9.84 Å². The molecule has 8 heteroatoms. The Labute approximate surface area is 97.9 Å². The highest BCUT2D eigenvalue weighted by atomic mass is 16.5. The van der Waals surface area contributed by atoms with E-state index >= 15 is 0 Å². The minimum Gasteiger partial charge on any atom is -0.465 e. The molecule has 1 atom stereocenters. The molecule has 3 N–H and O–H groups in total. The highest BCUT2D eigenvalue weighted by molar-refractivity contribution is 5.87. The van der Waals surface area contributed by atoms with Crippen molar-refractivity contribution in [2.45, 2.75) is 19.4 Å². The van der Waals surface area contributed by atoms with Gasteiger partial charge in [0, 0.05) is 13.0 Å². The van der Waals surface area contributed by atoms with Crippen LogP contribution in [0.25, 0.3) is 0 Å². The molecule has 96 valence electrons. The topological polar surface area (TPSA) is 108 Å². The molecule has 8 nitrogen and oxygen atoms in total. The molecule has 17 heavy (non-hydrogen) atoms. The van der Waals surface area contributed by atoms with Crippen LogP contribution in [0.5, 0.6) is 0 Å². The van der Waals surface area contributed by atoms with Crippen LogP contribution in [0.3, 0.4) is 0 Å². The highest BCUT2D eigenvalue weighted by Crippen LogP contribution is 2.06. The average molecular weight is 245 g/mol. The van der Waals surface area contributed by atoms with Crippen LogP contribution >= 0.6 is 0 Å². The minimum atomic E-state index is -1.18. The van der Waals surface area contributed by atoms with E-state index in [1.807, 2.05) is 0 Å². The Balaban J connectivity index is 2.53. The Kier molecular flexibility index (Phi) is 4.70. The summed E-state index contributed by atoms with van der Waals surface area (Å²) in [5.74, 6) is -0.953. The smallest absolute Gasteiger partial charge is 0.408 e. The Morgan fingerprint density at radius 2 is 2.12 bits per heavy atom. The van der Waals surface area contributed by atoms with Crippen molar-refractivity contribution < 1.29 is 24.2 Å². The van der Waals surface area contributed by atoms with Gasteiger partial charge in [0.25, 0.3) is 5.91 Å². The van der Waals surface area contributed by atoms with Crippen molar-refractivity contribution in [2.75, 3.05) is 19.8 Å². The molecule has 0 spiro atoms. The lowest BCUT2D eigenvalue weighted by molar-refractivity contribution is -0.135. The Morgan fingerprint density at radius 3 is 2.71 bits per heavy atom. The first-order chi connectivity index (χ1) is 8.06. The first-order valence-electron chi connectivity index (χ1n) is 5.22. The number of hydrogen-bond donors (Lipinski definition) is 3. The molecule has 1 aliphatic rings. The molecule has 1 fully saturated rings. The van der Waals surface area contributed by atoms with Gasteiger partial charge in [0.05, 0.1) is 13.2 Å². The number of nitrogens with one attached hydrogen (secondary N) is 2. The third-order valence-electron chi connectivity index (χ3n) is 2.32. The van der Waals surface area contributed by atoms with Crippen LogP contribution in [0.15, 0.2) is 0 Å². The van der Waals surface area contributed by atoms with Gasteiger partial charge in [0.2, 0.25) is 5.91 Å². The maximum Gasteiger partial charge on any atom is 0.408 e. The molecular formula is C9H15N3O5. The Morgan fingerprint density at radius 1 is 1.41 bits per heavy atom. The van der Waals surface area contributed by atoms with Crippen molar-refractivity contribution in [3.05, 3.63) is 0 Å². The minimum absolute atomic E-state index is 0.0138. The van der Waals surface area contributed by atoms with E-state index in [4.69, 9.17) is 9.84 Å². The summed E-state index contributed by atoms with van der Waals surface area (Å²) in [5.41, 5.74) is 4.34. The summed E-state index contributed by atoms with van der Waals surface area (Å²) in [6, 6.07) is -0.932. The van der Waals surface area contributed by atoms with Crippen LogP contribution in [-0.4, -0.2) is 53.7 Å². The molecule has 0 radical (unpaired) electrons. The fourth-order valence-electron chi connectivity index (χ4n) is 1.35. The molecule has 1 aliphatic heterocycles. The maximum absolute atomic E-state index is 11.6. The van der Waals surface area contributed by atoms with E-state index in [2.05, 4.69) is 10.9 Å². The summed E-state index contributed by atoms with van der Waals surface area (Å²) in [5, 5.41) is 8.88. The molecule has 0 aliphatic carbocycles. The SMILES string of the molecule is CCC(=O)NNC(=O)C1COCCN1C(=O)O. The summed E-state index contributed by atoms with van der Waals surface area (Å²) < 4.78 is 5.04. The van der Waals surface area contributed by atoms with Crippen LogP contribution in [0.2, 0.25) is 0 Å². The van der Waals surface area contributed by atoms with E-state index in [0.29, 0.717) is 0 Å². The number of hydrogen-bond acceptors (Lipinski definition) is 4. The third kappa shape index (κ3) is 3.59. The van der Waals surface area contributed by atoms with Gasteiger partial charge in [-0.1, -0.05) is 6.92 Å². The molecule has 1 saturated heterocycles. The molecule has 0 saturated carbocycles. The van der Waals surface area contributed by atoms with Crippen LogP contribution in [0, 0.1) is 0 Å². The lowest BCUT2D eigenvalue weighted by Gasteiger charge is -2.32. The Hall–Kier alpha value is -1.83. The zero-order valence-electron chi connectivity index (χ0n) is 9.43. The van der Waals surface area contributed by atoms with Gasteiger partial charge in [-0.2, -0.15) is 0 Å². The molecule has 0 aromatic carbocycles. The van der Waals surface area contributed by atoms with Crippen molar-refractivity contribution in [3.63, 3.8) is 0 Å². The molecule has 0 aromatic rings. The van der Waals surface area contributed by atoms with Crippen LogP contribution in [0.4, 0.5) is 4.79 Å². The number of morpholine rings is 1. The number of rotatable bonds is 2. The van der Waals surface area contributed by atoms with Crippen molar-refractivity contribution >= 4 is 17.9 Å². The molecular weight excluding hydrogens is 230 g/mol. The molecule has 1 rings (SSSR count). The van der Waals surface area contributed by atoms with Crippen LogP contribution in [-0.2, 0) is 14.3 Å². The molecule has 3 amide bonds. The summed E-state index contributed by atoms with van der Waals surface area (Å²) in [7, 11) is 0. The molecule has 1 unspecified atom stereocenters. The van der Waals surface area contributed by atoms with Gasteiger partial charge in [-0.3, -0.25) is 25.3 Å². The second-order valence-corrected chi connectivity index (χ2v) is 3.46. The lowest BCUT2D eigenvalue weighted by atomic mass is 10.2. The van der Waals surface area contributed by atoms with Crippen molar-refractivity contribution in [1.29, 1.82) is 0 Å². The second-order valence-electron chi connectivity index (χ2n) is 3.46. The first-order valence-corrected chi connectivity index (χ1v) is 5.22. The van der Waals surface area contributed by atoms with Gasteiger partial charge in [-0.05, 0) is 0 Å². The zero-order valence-corrected chi connectivity index (χ0v) is 9.43. The van der Waals surface area contributed by atoms with E-state index in [0.717, 1.165) is 4.90 Å². The molecule has 0 bridgehead atoms. The van der Waals surface area contributed by atoms with Gasteiger partial charge in [-0.15, -0.1) is 0 Å². The predicted octanol–water partition coefficient (Wildman–Crippen LogP) is -1.08. The third-order valence-corrected chi connectivity index (χ3v) is 2.32. The first kappa shape index (κ1) is 13.2. The van der Waals surface area contributed by atoms with Crippen LogP contribution in [0.1, 0.15) is 13.3 Å². The summed E-state index contributed by atoms with van der Waals surface area (Å²) in [6.07, 6.45) is -0.959. The van der Waals surface area contributed by atoms with Crippen molar-refractivity contribution in [1.82, 2.24) is 15.8 Å². The predicted molar refractivity (Wildman–Crippen MR) is 55.9 cm³/mol. The van der Waals surface area contributed by atoms with Crippen molar-refractivity contribution in [3.8, 4) is 0 Å². The number of nitrogens with zero attached hydrogens (tertiary/aromatic N) is 1. The van der Waals surface area contributed by atoms with E-state index in [1.54, 1.807) is 6.92 Å². The second kappa shape index (κ2) is 6.04. The summed E-state index contributed by atoms with van der Waals surface area (Å²) in [4.78, 5) is 34.4. The number of carbonyl (C=O) groups is 3. The standard InChI is InChI=1S/C9H15N3O5/c1-2-7(13)10-11-8(14)6-5-17-4-3-12(6)9(15)16/h6H,2-5H2,1H3,(H,10,13)(H,11,14)(H,15,16). The molecule has 0 aromatic heterocycles. The fourth-order valence-corrected chi connectivity index (χ4v) is 1.35. The fraction of sp³-hybridized carbons (Fsp3) is 0.667. The van der Waals surface area contributed by atoms with E-state index in [-0.39, 0.29) is 32.1 Å². The van der Waals surface area contributed by atoms with E-state index in [1.165, 1.54) is 0 Å². The number of amides is 3. The zero-order chi connectivity index (χ0) is 12.8. The normalized spacial score (nSPS) is 19.6. The number of carboxylic acid groups (broad SMARTS) is 1. The summed E-state index contributed by atoms with van der Waals surface area (Å²) >= 11 is 0. The van der Waals surface area contributed by atoms with Gasteiger partial charge in [-0.25, -0.2) is 4.79 Å². The highest BCUT2D eigenvalue weighted by Gasteiger charge is 2.32. The summed E-state index contributed by atoms with van der Waals surface area (Å²) in [6.45, 7) is 2.02. The van der Waals surface area contributed by atoms with Crippen LogP contribution < -0.4 is 10.9 Å². The van der Waals surface area contributed by atoms with E-state index in [9.17, 15) is 14.4 Å². The average Bonchev–Trinajstić information content (AvgIpc) is 2.35. The van der Waals surface area contributed by atoms with Gasteiger partial charge >= 0.3 is 6.09 Å². The van der Waals surface area contributed by atoms with E-state index < -0.39 is 18.0 Å². The Bertz CT molecular complexity index is 320. The number of carbonyl (C=O) groups excluding carboxylic acids is 2. The van der Waals surface area contributed by atoms with Crippen molar-refractivity contribution in [2.24, 2.45) is 0 Å². The monoisotopic (exact) mass is 245 g/mol. The molecule has 1 heterocycles. The quantitative estimate of drug-likeness (QED) is 0.536. The number of hydrazine groups is 1. The maximum atomic E-state index is 11.6.